The first-order chi connectivity index (χ1) is 24.7. The summed E-state index contributed by atoms with van der Waals surface area (Å²) in [6, 6.07) is 0. The SMILES string of the molecule is CCCCCCCCCCCCCC(=O)OCCCCCCCCCCCCCCCCCCCCCCCCCCCCCCCC(=O)O. The van der Waals surface area contributed by atoms with E-state index in [1.807, 2.05) is 0 Å². The molecule has 0 atom stereocenters. The topological polar surface area (TPSA) is 63.6 Å². The number of hydrogen-bond donors (Lipinski definition) is 1. The normalized spacial score (nSPS) is 11.4. The number of rotatable bonds is 44. The molecule has 0 unspecified atom stereocenters. The van der Waals surface area contributed by atoms with Crippen LogP contribution in [0.15, 0.2) is 0 Å². The van der Waals surface area contributed by atoms with Gasteiger partial charge in [-0.3, -0.25) is 9.59 Å². The Morgan fingerprint density at radius 2 is 0.540 bits per heavy atom. The number of carbonyl (C=O) groups is 2. The minimum absolute atomic E-state index is 0.0214. The molecule has 298 valence electrons. The molecule has 0 rings (SSSR count). The summed E-state index contributed by atoms with van der Waals surface area (Å²) in [7, 11) is 0. The molecule has 4 nitrogen and oxygen atoms in total. The van der Waals surface area contributed by atoms with Gasteiger partial charge in [-0.15, -0.1) is 0 Å². The molecule has 1 N–H and O–H groups in total. The Labute approximate surface area is 313 Å². The zero-order valence-corrected chi connectivity index (χ0v) is 34.1. The van der Waals surface area contributed by atoms with E-state index in [4.69, 9.17) is 9.84 Å². The fourth-order valence-electron chi connectivity index (χ4n) is 7.34. The molecule has 0 aliphatic heterocycles. The van der Waals surface area contributed by atoms with Gasteiger partial charge in [-0.1, -0.05) is 244 Å². The summed E-state index contributed by atoms with van der Waals surface area (Å²) in [5, 5.41) is 8.65. The molecule has 0 aromatic rings. The van der Waals surface area contributed by atoms with Gasteiger partial charge < -0.3 is 9.84 Å². The number of carbonyl (C=O) groups excluding carboxylic acids is 1. The lowest BCUT2D eigenvalue weighted by Gasteiger charge is -2.06. The highest BCUT2D eigenvalue weighted by atomic mass is 16.5. The molecule has 50 heavy (non-hydrogen) atoms. The van der Waals surface area contributed by atoms with Crippen molar-refractivity contribution in [3.05, 3.63) is 0 Å². The second-order valence-corrected chi connectivity index (χ2v) is 15.9. The smallest absolute Gasteiger partial charge is 0.305 e. The molecule has 0 spiro atoms. The number of hydrogen-bond acceptors (Lipinski definition) is 3. The van der Waals surface area contributed by atoms with Gasteiger partial charge in [0.05, 0.1) is 6.61 Å². The number of esters is 1. The third-order valence-corrected chi connectivity index (χ3v) is 10.8. The molecule has 0 saturated carbocycles. The van der Waals surface area contributed by atoms with Gasteiger partial charge in [-0.25, -0.2) is 0 Å². The summed E-state index contributed by atoms with van der Waals surface area (Å²) >= 11 is 0. The second-order valence-electron chi connectivity index (χ2n) is 15.9. The molecule has 0 heterocycles. The predicted octanol–water partition coefficient (Wildman–Crippen LogP) is 16.0. The van der Waals surface area contributed by atoms with Crippen molar-refractivity contribution in [3.8, 4) is 0 Å². The fraction of sp³-hybridized carbons (Fsp3) is 0.957. The Morgan fingerprint density at radius 1 is 0.320 bits per heavy atom. The van der Waals surface area contributed by atoms with Crippen molar-refractivity contribution in [1.29, 1.82) is 0 Å². The maximum Gasteiger partial charge on any atom is 0.305 e. The number of carboxylic acids is 1. The van der Waals surface area contributed by atoms with E-state index in [0.29, 0.717) is 19.4 Å². The minimum atomic E-state index is -0.653. The van der Waals surface area contributed by atoms with Gasteiger partial charge in [0.2, 0.25) is 0 Å². The van der Waals surface area contributed by atoms with E-state index in [0.717, 1.165) is 25.7 Å². The third-order valence-electron chi connectivity index (χ3n) is 10.8. The van der Waals surface area contributed by atoms with Crippen LogP contribution < -0.4 is 0 Å². The molecule has 0 aromatic heterocycles. The first-order valence-corrected chi connectivity index (χ1v) is 23.0. The Balaban J connectivity index is 3.12. The van der Waals surface area contributed by atoms with Crippen molar-refractivity contribution in [1.82, 2.24) is 0 Å². The highest BCUT2D eigenvalue weighted by Crippen LogP contribution is 2.17. The van der Waals surface area contributed by atoms with Gasteiger partial charge in [0.1, 0.15) is 0 Å². The van der Waals surface area contributed by atoms with Crippen molar-refractivity contribution in [3.63, 3.8) is 0 Å². The molecule has 0 radical (unpaired) electrons. The van der Waals surface area contributed by atoms with Crippen LogP contribution in [0.1, 0.15) is 277 Å². The van der Waals surface area contributed by atoms with Crippen LogP contribution in [0, 0.1) is 0 Å². The van der Waals surface area contributed by atoms with E-state index in [9.17, 15) is 9.59 Å². The van der Waals surface area contributed by atoms with Crippen LogP contribution >= 0.6 is 0 Å². The highest BCUT2D eigenvalue weighted by molar-refractivity contribution is 5.69. The maximum absolute atomic E-state index is 11.9. The van der Waals surface area contributed by atoms with Crippen molar-refractivity contribution in [2.45, 2.75) is 277 Å². The molecule has 0 amide bonds. The van der Waals surface area contributed by atoms with Crippen molar-refractivity contribution < 1.29 is 19.4 Å². The number of unbranched alkanes of at least 4 members (excludes halogenated alkanes) is 38. The average Bonchev–Trinajstić information content (AvgIpc) is 3.11. The Kier molecular flexibility index (Phi) is 43.2. The van der Waals surface area contributed by atoms with Gasteiger partial charge in [0.15, 0.2) is 0 Å². The Bertz CT molecular complexity index is 663. The van der Waals surface area contributed by atoms with E-state index in [-0.39, 0.29) is 5.97 Å². The number of ether oxygens (including phenoxy) is 1. The van der Waals surface area contributed by atoms with Gasteiger partial charge in [0, 0.05) is 12.8 Å². The maximum atomic E-state index is 11.9. The number of carboxylic acid groups (broad SMARTS) is 1. The van der Waals surface area contributed by atoms with Gasteiger partial charge >= 0.3 is 11.9 Å². The largest absolute Gasteiger partial charge is 0.481 e. The summed E-state index contributed by atoms with van der Waals surface area (Å²) < 4.78 is 5.45. The lowest BCUT2D eigenvalue weighted by atomic mass is 10.0. The summed E-state index contributed by atoms with van der Waals surface area (Å²) in [5.41, 5.74) is 0. The van der Waals surface area contributed by atoms with Crippen molar-refractivity contribution in [2.24, 2.45) is 0 Å². The van der Waals surface area contributed by atoms with Gasteiger partial charge in [-0.2, -0.15) is 0 Å². The standard InChI is InChI=1S/C46H90O4/c1-2-3-4-5-6-7-27-31-34-37-40-43-46(49)50-44-41-38-35-32-29-26-24-22-20-18-16-14-12-10-8-9-11-13-15-17-19-21-23-25-28-30-33-36-39-42-45(47)48/h2-44H2,1H3,(H,47,48). The minimum Gasteiger partial charge on any atom is -0.481 e. The molecular formula is C46H90O4. The molecule has 0 aromatic carbocycles. The molecule has 0 fully saturated rings. The zero-order valence-electron chi connectivity index (χ0n) is 34.1. The number of aliphatic carboxylic acids is 1. The first kappa shape index (κ1) is 48.9. The second kappa shape index (κ2) is 44.1. The van der Waals surface area contributed by atoms with E-state index in [2.05, 4.69) is 6.92 Å². The Hall–Kier alpha value is -1.06. The van der Waals surface area contributed by atoms with Gasteiger partial charge in [-0.05, 0) is 19.3 Å². The fourth-order valence-corrected chi connectivity index (χ4v) is 7.34. The van der Waals surface area contributed by atoms with Gasteiger partial charge in [0.25, 0.3) is 0 Å². The monoisotopic (exact) mass is 707 g/mol. The summed E-state index contributed by atoms with van der Waals surface area (Å²) in [6.45, 7) is 2.90. The van der Waals surface area contributed by atoms with E-state index in [1.54, 1.807) is 0 Å². The molecule has 0 bridgehead atoms. The van der Waals surface area contributed by atoms with Crippen LogP contribution in [0.3, 0.4) is 0 Å². The first-order valence-electron chi connectivity index (χ1n) is 23.0. The summed E-state index contributed by atoms with van der Waals surface area (Å²) in [5.74, 6) is -0.631. The average molecular weight is 707 g/mol. The van der Waals surface area contributed by atoms with E-state index < -0.39 is 5.97 Å². The molecule has 0 aliphatic rings. The molecule has 4 heteroatoms. The predicted molar refractivity (Wildman–Crippen MR) is 218 cm³/mol. The molecule has 0 aliphatic carbocycles. The summed E-state index contributed by atoms with van der Waals surface area (Å²) in [6.07, 6.45) is 54.5. The van der Waals surface area contributed by atoms with Crippen LogP contribution in [0.25, 0.3) is 0 Å². The van der Waals surface area contributed by atoms with Crippen molar-refractivity contribution in [2.75, 3.05) is 6.61 Å². The molecule has 0 saturated heterocycles. The van der Waals surface area contributed by atoms with E-state index >= 15 is 0 Å². The quantitative estimate of drug-likeness (QED) is 0.0506. The lowest BCUT2D eigenvalue weighted by molar-refractivity contribution is -0.144. The highest BCUT2D eigenvalue weighted by Gasteiger charge is 2.03. The third kappa shape index (κ3) is 45.0. The summed E-state index contributed by atoms with van der Waals surface area (Å²) in [4.78, 5) is 22.4. The van der Waals surface area contributed by atoms with Crippen molar-refractivity contribution >= 4 is 11.9 Å². The van der Waals surface area contributed by atoms with Crippen LogP contribution in [-0.2, 0) is 14.3 Å². The van der Waals surface area contributed by atoms with Crippen LogP contribution in [0.4, 0.5) is 0 Å². The van der Waals surface area contributed by atoms with Crippen LogP contribution in [0.5, 0.6) is 0 Å². The molecular weight excluding hydrogens is 617 g/mol. The lowest BCUT2D eigenvalue weighted by Crippen LogP contribution is -2.05. The zero-order chi connectivity index (χ0) is 36.3. The van der Waals surface area contributed by atoms with Crippen LogP contribution in [0.2, 0.25) is 0 Å². The van der Waals surface area contributed by atoms with Crippen LogP contribution in [-0.4, -0.2) is 23.7 Å². The van der Waals surface area contributed by atoms with E-state index in [1.165, 1.54) is 231 Å². The Morgan fingerprint density at radius 3 is 0.800 bits per heavy atom.